The van der Waals surface area contributed by atoms with Crippen molar-refractivity contribution in [2.24, 2.45) is 4.99 Å². The van der Waals surface area contributed by atoms with Gasteiger partial charge in [0.2, 0.25) is 11.8 Å². The van der Waals surface area contributed by atoms with E-state index >= 15 is 0 Å². The Balaban J connectivity index is 1.73. The summed E-state index contributed by atoms with van der Waals surface area (Å²) in [5.41, 5.74) is 1.68. The Morgan fingerprint density at radius 2 is 1.87 bits per heavy atom. The predicted octanol–water partition coefficient (Wildman–Crippen LogP) is 4.06. The monoisotopic (exact) mass is 537 g/mol. The molecule has 1 atom stereocenters. The number of carbonyl (C=O) groups is 3. The third-order valence-electron chi connectivity index (χ3n) is 4.28. The third-order valence-corrected chi connectivity index (χ3v) is 6.24. The van der Waals surface area contributed by atoms with Crippen LogP contribution >= 0.6 is 34.4 Å². The lowest BCUT2D eigenvalue weighted by molar-refractivity contribution is -0.128. The van der Waals surface area contributed by atoms with Crippen LogP contribution in [-0.2, 0) is 14.3 Å². The first-order chi connectivity index (χ1) is 14.4. The summed E-state index contributed by atoms with van der Waals surface area (Å²) in [5, 5.41) is 2.70. The molecule has 1 unspecified atom stereocenters. The maximum absolute atomic E-state index is 12.7. The number of carbonyl (C=O) groups excluding carboxylic acids is 3. The second kappa shape index (κ2) is 10.1. The molecule has 0 aromatic heterocycles. The van der Waals surface area contributed by atoms with Crippen molar-refractivity contribution < 1.29 is 19.1 Å². The van der Waals surface area contributed by atoms with Gasteiger partial charge in [0.1, 0.15) is 5.25 Å². The molecule has 2 amide bonds. The molecule has 3 rings (SSSR count). The largest absolute Gasteiger partial charge is 0.462 e. The van der Waals surface area contributed by atoms with Crippen LogP contribution in [0.4, 0.5) is 11.4 Å². The Hall–Kier alpha value is -2.40. The summed E-state index contributed by atoms with van der Waals surface area (Å²) in [6.07, 6.45) is 0.0954. The number of hydrogen-bond donors (Lipinski definition) is 1. The number of thioether (sulfide) groups is 1. The molecule has 2 aromatic carbocycles. The number of amidine groups is 1. The van der Waals surface area contributed by atoms with E-state index in [0.29, 0.717) is 28.7 Å². The minimum atomic E-state index is -0.578. The molecule has 7 nitrogen and oxygen atoms in total. The molecule has 1 aliphatic heterocycles. The van der Waals surface area contributed by atoms with Crippen molar-refractivity contribution in [3.05, 3.63) is 57.7 Å². The summed E-state index contributed by atoms with van der Waals surface area (Å²) < 4.78 is 6.04. The number of nitrogens with zero attached hydrogens (tertiary/aromatic N) is 2. The molecule has 9 heteroatoms. The number of aliphatic imine (C=N–C) groups is 1. The molecule has 1 N–H and O–H groups in total. The SMILES string of the molecule is CCOC(=O)c1ccc(N=C2SC(C(=O)Nc3ccc(I)cc3)CC(=O)N2C)cc1. The molecule has 0 saturated carbocycles. The van der Waals surface area contributed by atoms with Gasteiger partial charge >= 0.3 is 5.97 Å². The van der Waals surface area contributed by atoms with E-state index < -0.39 is 11.2 Å². The van der Waals surface area contributed by atoms with Crippen molar-refractivity contribution in [2.45, 2.75) is 18.6 Å². The number of anilines is 1. The first-order valence-corrected chi connectivity index (χ1v) is 11.2. The predicted molar refractivity (Wildman–Crippen MR) is 126 cm³/mol. The highest BCUT2D eigenvalue weighted by atomic mass is 127. The zero-order chi connectivity index (χ0) is 21.7. The number of hydrogen-bond acceptors (Lipinski definition) is 6. The molecule has 1 heterocycles. The molecule has 0 aliphatic carbocycles. The summed E-state index contributed by atoms with van der Waals surface area (Å²) in [4.78, 5) is 42.8. The average Bonchev–Trinajstić information content (AvgIpc) is 2.73. The first-order valence-electron chi connectivity index (χ1n) is 9.23. The summed E-state index contributed by atoms with van der Waals surface area (Å²) in [5.74, 6) is -0.824. The highest BCUT2D eigenvalue weighted by molar-refractivity contribution is 14.1. The van der Waals surface area contributed by atoms with E-state index in [0.717, 1.165) is 3.57 Å². The molecular weight excluding hydrogens is 517 g/mol. The molecule has 0 spiro atoms. The van der Waals surface area contributed by atoms with Gasteiger partial charge in [-0.1, -0.05) is 11.8 Å². The topological polar surface area (TPSA) is 88.1 Å². The lowest BCUT2D eigenvalue weighted by Crippen LogP contribution is -2.43. The summed E-state index contributed by atoms with van der Waals surface area (Å²) >= 11 is 3.43. The zero-order valence-corrected chi connectivity index (χ0v) is 19.4. The fourth-order valence-corrected chi connectivity index (χ4v) is 4.07. The molecule has 1 saturated heterocycles. The number of nitrogens with one attached hydrogen (secondary N) is 1. The van der Waals surface area contributed by atoms with Gasteiger partial charge in [-0.25, -0.2) is 9.79 Å². The van der Waals surface area contributed by atoms with Gasteiger partial charge in [0, 0.05) is 22.7 Å². The van der Waals surface area contributed by atoms with Crippen molar-refractivity contribution in [3.63, 3.8) is 0 Å². The third kappa shape index (κ3) is 5.60. The highest BCUT2D eigenvalue weighted by Gasteiger charge is 2.34. The van der Waals surface area contributed by atoms with Crippen LogP contribution in [0.3, 0.4) is 0 Å². The lowest BCUT2D eigenvalue weighted by Gasteiger charge is -2.28. The van der Waals surface area contributed by atoms with Gasteiger partial charge in [0.05, 0.1) is 17.9 Å². The van der Waals surface area contributed by atoms with Gasteiger partial charge in [-0.2, -0.15) is 0 Å². The van der Waals surface area contributed by atoms with E-state index in [2.05, 4.69) is 32.9 Å². The summed E-state index contributed by atoms with van der Waals surface area (Å²) in [6.45, 7) is 2.05. The Kier molecular flexibility index (Phi) is 7.48. The van der Waals surface area contributed by atoms with Crippen molar-refractivity contribution >= 4 is 68.7 Å². The van der Waals surface area contributed by atoms with Crippen LogP contribution in [0.25, 0.3) is 0 Å². The van der Waals surface area contributed by atoms with Crippen molar-refractivity contribution in [3.8, 4) is 0 Å². The van der Waals surface area contributed by atoms with Crippen LogP contribution in [0.2, 0.25) is 0 Å². The first kappa shape index (κ1) is 22.3. The maximum atomic E-state index is 12.7. The number of halogens is 1. The Bertz CT molecular complexity index is 977. The van der Waals surface area contributed by atoms with Crippen LogP contribution < -0.4 is 5.32 Å². The number of ether oxygens (including phenoxy) is 1. The van der Waals surface area contributed by atoms with Gasteiger partial charge in [0.15, 0.2) is 5.17 Å². The number of amides is 2. The second-order valence-corrected chi connectivity index (χ2v) is 8.84. The van der Waals surface area contributed by atoms with E-state index in [9.17, 15) is 14.4 Å². The Labute approximate surface area is 192 Å². The fraction of sp³-hybridized carbons (Fsp3) is 0.238. The smallest absolute Gasteiger partial charge is 0.338 e. The summed E-state index contributed by atoms with van der Waals surface area (Å²) in [7, 11) is 1.63. The quantitative estimate of drug-likeness (QED) is 0.460. The van der Waals surface area contributed by atoms with Crippen LogP contribution in [0.5, 0.6) is 0 Å². The number of rotatable bonds is 5. The van der Waals surface area contributed by atoms with E-state index in [4.69, 9.17) is 4.74 Å². The highest BCUT2D eigenvalue weighted by Crippen LogP contribution is 2.29. The Morgan fingerprint density at radius 3 is 2.50 bits per heavy atom. The van der Waals surface area contributed by atoms with Crippen molar-refractivity contribution in [1.82, 2.24) is 4.90 Å². The standard InChI is InChI=1S/C21H20IN3O4S/c1-3-29-20(28)13-4-8-16(9-5-13)24-21-25(2)18(26)12-17(30-21)19(27)23-15-10-6-14(22)7-11-15/h4-11,17H,3,12H2,1-2H3,(H,23,27). The molecule has 1 fully saturated rings. The molecule has 0 bridgehead atoms. The van der Waals surface area contributed by atoms with E-state index in [1.165, 1.54) is 16.7 Å². The van der Waals surface area contributed by atoms with Crippen LogP contribution in [0, 0.1) is 3.57 Å². The molecule has 2 aromatic rings. The van der Waals surface area contributed by atoms with Gasteiger partial charge in [-0.15, -0.1) is 0 Å². The minimum Gasteiger partial charge on any atom is -0.462 e. The van der Waals surface area contributed by atoms with Crippen LogP contribution in [0.1, 0.15) is 23.7 Å². The zero-order valence-electron chi connectivity index (χ0n) is 16.4. The second-order valence-electron chi connectivity index (χ2n) is 6.42. The maximum Gasteiger partial charge on any atom is 0.338 e. The average molecular weight is 537 g/mol. The Morgan fingerprint density at radius 1 is 1.20 bits per heavy atom. The van der Waals surface area contributed by atoms with Crippen LogP contribution in [-0.4, -0.2) is 46.8 Å². The molecular formula is C21H20IN3O4S. The van der Waals surface area contributed by atoms with Gasteiger partial charge in [-0.05, 0) is 78.0 Å². The van der Waals surface area contributed by atoms with Crippen molar-refractivity contribution in [2.75, 3.05) is 19.0 Å². The number of benzene rings is 2. The normalized spacial score (nSPS) is 17.7. The van der Waals surface area contributed by atoms with Gasteiger partial charge in [-0.3, -0.25) is 14.5 Å². The minimum absolute atomic E-state index is 0.0954. The van der Waals surface area contributed by atoms with E-state index in [1.807, 2.05) is 24.3 Å². The molecule has 1 aliphatic rings. The fourth-order valence-electron chi connectivity index (χ4n) is 2.65. The van der Waals surface area contributed by atoms with E-state index in [-0.39, 0.29) is 18.2 Å². The molecule has 30 heavy (non-hydrogen) atoms. The van der Waals surface area contributed by atoms with Gasteiger partial charge < -0.3 is 10.1 Å². The summed E-state index contributed by atoms with van der Waals surface area (Å²) in [6, 6.07) is 14.0. The molecule has 156 valence electrons. The van der Waals surface area contributed by atoms with Gasteiger partial charge in [0.25, 0.3) is 0 Å². The van der Waals surface area contributed by atoms with E-state index in [1.54, 1.807) is 38.2 Å². The lowest BCUT2D eigenvalue weighted by atomic mass is 10.2. The molecule has 0 radical (unpaired) electrons. The van der Waals surface area contributed by atoms with Crippen LogP contribution in [0.15, 0.2) is 53.5 Å². The number of esters is 1. The van der Waals surface area contributed by atoms with Crippen molar-refractivity contribution in [1.29, 1.82) is 0 Å².